The lowest BCUT2D eigenvalue weighted by molar-refractivity contribution is -0.158. The van der Waals surface area contributed by atoms with Crippen molar-refractivity contribution >= 4 is 92.4 Å². The Kier molecular flexibility index (Phi) is 25.6. The minimum absolute atomic E-state index is 0.0582. The summed E-state index contributed by atoms with van der Waals surface area (Å²) in [5.74, 6) is -4.60. The minimum Gasteiger partial charge on any atom is -0.495 e. The van der Waals surface area contributed by atoms with Gasteiger partial charge in [0.25, 0.3) is 5.91 Å². The second-order valence-corrected chi connectivity index (χ2v) is 23.4. The first-order valence-corrected chi connectivity index (χ1v) is 30.0. The van der Waals surface area contributed by atoms with Gasteiger partial charge in [-0.05, 0) is 101 Å². The Morgan fingerprint density at radius 2 is 1.69 bits per heavy atom. The lowest BCUT2D eigenvalue weighted by atomic mass is 9.83. The molecule has 0 aliphatic carbocycles. The summed E-state index contributed by atoms with van der Waals surface area (Å²) in [6.07, 6.45) is 2.25. The van der Waals surface area contributed by atoms with E-state index in [1.807, 2.05) is 13.0 Å². The first-order chi connectivity index (χ1) is 40.6. The van der Waals surface area contributed by atoms with E-state index < -0.39 is 108 Å². The molecule has 2 aromatic carbocycles. The van der Waals surface area contributed by atoms with Crippen molar-refractivity contribution in [3.8, 4) is 5.75 Å². The summed E-state index contributed by atoms with van der Waals surface area (Å²) in [5.41, 5.74) is 4.67. The molecule has 4 bridgehead atoms. The number of fused-ring (bicyclic) bond motifs is 5. The Balaban J connectivity index is 1.30. The van der Waals surface area contributed by atoms with Crippen LogP contribution in [0.5, 0.6) is 5.75 Å². The highest BCUT2D eigenvalue weighted by atomic mass is 79.9. The number of likely N-dealkylation sites (N-methyl/N-ethyl adjacent to an activating group) is 1. The first kappa shape index (κ1) is 69.7. The van der Waals surface area contributed by atoms with Crippen molar-refractivity contribution in [2.75, 3.05) is 57.0 Å². The third-order valence-corrected chi connectivity index (χ3v) is 16.6. The van der Waals surface area contributed by atoms with Crippen LogP contribution in [-0.4, -0.2) is 164 Å². The highest BCUT2D eigenvalue weighted by Gasteiger charge is 2.64. The number of nitrogens with two attached hydrogens (primary N) is 1. The molecule has 472 valence electrons. The number of hydrogen-bond acceptors (Lipinski definition) is 15. The van der Waals surface area contributed by atoms with Gasteiger partial charge < -0.3 is 70.9 Å². The molecule has 2 saturated heterocycles. The predicted molar refractivity (Wildman–Crippen MR) is 325 cm³/mol. The summed E-state index contributed by atoms with van der Waals surface area (Å²) in [6, 6.07) is 5.11. The van der Waals surface area contributed by atoms with Crippen LogP contribution < -0.4 is 47.3 Å². The van der Waals surface area contributed by atoms with Gasteiger partial charge in [-0.2, -0.15) is 0 Å². The van der Waals surface area contributed by atoms with Gasteiger partial charge in [0, 0.05) is 75.2 Å². The molecular formula is C60H83BrClN9O15. The Morgan fingerprint density at radius 1 is 1.00 bits per heavy atom. The molecule has 5 rings (SSSR count). The summed E-state index contributed by atoms with van der Waals surface area (Å²) in [6.45, 7) is 14.4. The molecule has 0 radical (unpaired) electrons. The van der Waals surface area contributed by atoms with Crippen LogP contribution in [0.1, 0.15) is 109 Å². The van der Waals surface area contributed by atoms with Crippen LogP contribution in [0, 0.1) is 11.8 Å². The highest BCUT2D eigenvalue weighted by molar-refractivity contribution is 9.09. The standard InChI is InChI=1S/C60H83BrClN9O15/c1-33(2)50(68-47(72)20-13-12-14-25-64-52(74)35(4)32-61)54(76)67-41(18-16-26-65-57(63)79)53(75)66-40-23-21-39(22-24-40)55(77)70(8)37(6)56(78)85-46-30-48(73)71(9)42-28-38(29-43(82-10)49(42)62)27-34(3)17-15-19-45(83-11)60(81)31-44(84-58(80)69-60)36(5)51-59(46,7)86-51/h15,17,19,21-24,28-29,33,36-37,41,44-46,50-51,81H,4,12-14,16,18,20,25-27,30-32H2,1-3,5-11H3,(H,64,74)(H,66,75)(H,67,76)(H,68,72)(H,69,80)(H3,63,65,79)/b19-15+,34-17+/t36-,37+,41+,44+,45-,46+,50+,51+,59+,60+/m1/s1. The summed E-state index contributed by atoms with van der Waals surface area (Å²) in [4.78, 5) is 123. The van der Waals surface area contributed by atoms with Crippen molar-refractivity contribution in [2.45, 2.75) is 153 Å². The average Bonchev–Trinajstić information content (AvgIpc) is 1.82. The summed E-state index contributed by atoms with van der Waals surface area (Å²) < 4.78 is 29.6. The number of benzene rings is 2. The van der Waals surface area contributed by atoms with Crippen LogP contribution in [0.25, 0.3) is 0 Å². The van der Waals surface area contributed by atoms with Gasteiger partial charge in [-0.25, -0.2) is 14.4 Å². The number of halogens is 2. The zero-order valence-corrected chi connectivity index (χ0v) is 52.8. The van der Waals surface area contributed by atoms with Crippen LogP contribution in [0.15, 0.2) is 72.4 Å². The molecule has 86 heavy (non-hydrogen) atoms. The third kappa shape index (κ3) is 18.7. The topological polar surface area (TPSA) is 328 Å². The number of anilines is 2. The van der Waals surface area contributed by atoms with Gasteiger partial charge in [0.05, 0.1) is 25.3 Å². The van der Waals surface area contributed by atoms with Gasteiger partial charge in [0.1, 0.15) is 52.8 Å². The Morgan fingerprint density at radius 3 is 2.33 bits per heavy atom. The number of primary amides is 1. The zero-order valence-electron chi connectivity index (χ0n) is 50.5. The molecule has 3 aliphatic heterocycles. The lowest BCUT2D eigenvalue weighted by Crippen LogP contribution is -2.63. The number of alkyl carbamates (subject to hydrolysis) is 1. The van der Waals surface area contributed by atoms with E-state index in [9.17, 15) is 48.3 Å². The molecule has 26 heteroatoms. The number of amides is 9. The Hall–Kier alpha value is -7.06. The van der Waals surface area contributed by atoms with Gasteiger partial charge in [-0.3, -0.25) is 34.1 Å². The molecular weight excluding hydrogens is 1200 g/mol. The van der Waals surface area contributed by atoms with Gasteiger partial charge in [-0.1, -0.05) is 85.1 Å². The van der Waals surface area contributed by atoms with E-state index in [0.29, 0.717) is 54.6 Å². The smallest absolute Gasteiger partial charge is 0.409 e. The van der Waals surface area contributed by atoms with Crippen molar-refractivity contribution in [1.82, 2.24) is 31.5 Å². The van der Waals surface area contributed by atoms with Crippen LogP contribution in [0.3, 0.4) is 0 Å². The molecule has 0 unspecified atom stereocenters. The lowest BCUT2D eigenvalue weighted by Gasteiger charge is -2.42. The molecule has 2 fully saturated rings. The van der Waals surface area contributed by atoms with Gasteiger partial charge >= 0.3 is 18.1 Å². The van der Waals surface area contributed by atoms with Crippen molar-refractivity contribution in [3.63, 3.8) is 0 Å². The van der Waals surface area contributed by atoms with Crippen LogP contribution in [0.4, 0.5) is 21.0 Å². The fraction of sp³-hybridized carbons (Fsp3) is 0.550. The number of rotatable bonds is 24. The maximum Gasteiger partial charge on any atom is 0.409 e. The fourth-order valence-electron chi connectivity index (χ4n) is 10.1. The van der Waals surface area contributed by atoms with Gasteiger partial charge in [-0.15, -0.1) is 0 Å². The number of urea groups is 1. The van der Waals surface area contributed by atoms with Gasteiger partial charge in [0.2, 0.25) is 29.5 Å². The molecule has 9 amide bonds. The largest absolute Gasteiger partial charge is 0.495 e. The summed E-state index contributed by atoms with van der Waals surface area (Å²) in [5, 5.41) is 28.4. The number of nitrogens with one attached hydrogen (secondary N) is 6. The van der Waals surface area contributed by atoms with Crippen LogP contribution >= 0.6 is 27.5 Å². The zero-order chi connectivity index (χ0) is 63.8. The van der Waals surface area contributed by atoms with E-state index >= 15 is 0 Å². The van der Waals surface area contributed by atoms with E-state index in [0.717, 1.165) is 16.0 Å². The number of nitrogens with zero attached hydrogens (tertiary/aromatic N) is 2. The maximum absolute atomic E-state index is 14.5. The number of carbonyl (C=O) groups is 9. The monoisotopic (exact) mass is 1280 g/mol. The van der Waals surface area contributed by atoms with Gasteiger partial charge in [0.15, 0.2) is 5.72 Å². The number of esters is 1. The first-order valence-electron chi connectivity index (χ1n) is 28.5. The Bertz CT molecular complexity index is 2890. The summed E-state index contributed by atoms with van der Waals surface area (Å²) >= 11 is 10.0. The molecule has 10 atom stereocenters. The average molecular weight is 1290 g/mol. The normalized spacial score (nSPS) is 24.1. The van der Waals surface area contributed by atoms with E-state index in [2.05, 4.69) is 54.4 Å². The number of aliphatic hydroxyl groups is 1. The number of unbranched alkanes of at least 4 members (excludes halogenated alkanes) is 2. The maximum atomic E-state index is 14.5. The molecule has 3 aliphatic rings. The molecule has 0 aromatic heterocycles. The summed E-state index contributed by atoms with van der Waals surface area (Å²) in [7, 11) is 5.78. The van der Waals surface area contributed by atoms with Crippen LogP contribution in [0.2, 0.25) is 5.02 Å². The molecule has 0 saturated carbocycles. The fourth-order valence-corrected chi connectivity index (χ4v) is 10.7. The molecule has 0 spiro atoms. The van der Waals surface area contributed by atoms with E-state index in [1.165, 1.54) is 64.4 Å². The van der Waals surface area contributed by atoms with Crippen molar-refractivity contribution in [1.29, 1.82) is 0 Å². The van der Waals surface area contributed by atoms with Crippen molar-refractivity contribution in [3.05, 3.63) is 88.5 Å². The quantitative estimate of drug-likeness (QED) is 0.0212. The van der Waals surface area contributed by atoms with E-state index in [-0.39, 0.29) is 66.2 Å². The number of alkyl halides is 1. The molecule has 2 aromatic rings. The van der Waals surface area contributed by atoms with Crippen molar-refractivity contribution in [2.24, 2.45) is 17.6 Å². The predicted octanol–water partition coefficient (Wildman–Crippen LogP) is 5.47. The minimum atomic E-state index is -1.91. The number of methoxy groups -OCH3 is 2. The number of ether oxygens (including phenoxy) is 5. The highest BCUT2D eigenvalue weighted by Crippen LogP contribution is 2.49. The molecule has 3 heterocycles. The Labute approximate surface area is 515 Å². The number of hydrogen-bond donors (Lipinski definition) is 8. The SMILES string of the molecule is C=C(CBr)C(=O)NCCCCCC(=O)N[C@H](C(=O)N[C@@H](CCCNC(N)=O)C(=O)Nc1ccc(C(=O)N(C)[C@@H](C)C(=O)O[C@H]2CC(=O)N(C)c3cc(cc(OC)c3Cl)C/C(C)=C/C=C/[C@@H](OC)[C@@]3(O)C[C@H](OC(=O)N3)[C@@H](C)[C@@H]3O[C@@]23C)cc1)C(C)C. The van der Waals surface area contributed by atoms with Crippen molar-refractivity contribution < 1.29 is 71.9 Å². The number of epoxide rings is 1. The second-order valence-electron chi connectivity index (χ2n) is 22.5. The number of allylic oxidation sites excluding steroid dienone is 3. The van der Waals surface area contributed by atoms with E-state index in [1.54, 1.807) is 52.0 Å². The second kappa shape index (κ2) is 31.5. The molecule has 24 nitrogen and oxygen atoms in total. The van der Waals surface area contributed by atoms with Crippen LogP contribution in [-0.2, 0) is 54.1 Å². The third-order valence-electron chi connectivity index (χ3n) is 15.6. The van der Waals surface area contributed by atoms with E-state index in [4.69, 9.17) is 41.0 Å². The number of carbonyl (C=O) groups excluding carboxylic acids is 9. The molecule has 9 N–H and O–H groups in total.